The van der Waals surface area contributed by atoms with E-state index in [2.05, 4.69) is 5.32 Å². The van der Waals surface area contributed by atoms with Crippen molar-refractivity contribution >= 4 is 23.0 Å². The lowest BCUT2D eigenvalue weighted by Gasteiger charge is -2.15. The van der Waals surface area contributed by atoms with Gasteiger partial charge in [0.1, 0.15) is 0 Å². The first-order valence-electron chi connectivity index (χ1n) is 6.27. The molecule has 23 heavy (non-hydrogen) atoms. The lowest BCUT2D eigenvalue weighted by atomic mass is 10.1. The minimum Gasteiger partial charge on any atom is -0.412 e. The van der Waals surface area contributed by atoms with Gasteiger partial charge in [0.2, 0.25) is 0 Å². The molecule has 9 heteroatoms. The summed E-state index contributed by atoms with van der Waals surface area (Å²) in [6, 6.07) is 10.5. The van der Waals surface area contributed by atoms with E-state index in [9.17, 15) is 20.2 Å². The molecule has 0 aromatic heterocycles. The van der Waals surface area contributed by atoms with Crippen LogP contribution in [-0.2, 0) is 0 Å². The van der Waals surface area contributed by atoms with Crippen molar-refractivity contribution < 1.29 is 9.85 Å². The third kappa shape index (κ3) is 3.73. The molecule has 0 aliphatic heterocycles. The van der Waals surface area contributed by atoms with Crippen molar-refractivity contribution in [1.29, 1.82) is 10.8 Å². The Bertz CT molecular complexity index is 716. The van der Waals surface area contributed by atoms with Crippen LogP contribution in [0.1, 0.15) is 11.1 Å². The van der Waals surface area contributed by atoms with E-state index in [0.717, 1.165) is 0 Å². The van der Waals surface area contributed by atoms with E-state index >= 15 is 0 Å². The maximum atomic E-state index is 10.6. The van der Waals surface area contributed by atoms with Crippen LogP contribution < -0.4 is 0 Å². The normalized spacial score (nSPS) is 9.91. The summed E-state index contributed by atoms with van der Waals surface area (Å²) in [7, 11) is 0. The number of non-ortho nitro benzene ring substituents is 2. The van der Waals surface area contributed by atoms with Crippen LogP contribution in [0.2, 0.25) is 0 Å². The standard InChI is InChI=1S/C14H10N5O4/c15-13(9-1-5-11(6-2-9)18(20)21)17-14(16)10-3-7-12(8-4-10)19(22)23/h1-8H,(H2-,15,16,17)/q-1. The van der Waals surface area contributed by atoms with Crippen LogP contribution in [0.4, 0.5) is 11.4 Å². The van der Waals surface area contributed by atoms with Crippen molar-refractivity contribution in [2.24, 2.45) is 0 Å². The number of nitro benzene ring substituents is 2. The third-order valence-electron chi connectivity index (χ3n) is 2.93. The molecule has 0 radical (unpaired) electrons. The molecule has 0 aliphatic rings. The molecule has 0 heterocycles. The maximum Gasteiger partial charge on any atom is 0.269 e. The van der Waals surface area contributed by atoms with E-state index < -0.39 is 9.85 Å². The van der Waals surface area contributed by atoms with Crippen LogP contribution >= 0.6 is 0 Å². The van der Waals surface area contributed by atoms with Gasteiger partial charge in [-0.1, -0.05) is 0 Å². The van der Waals surface area contributed by atoms with Crippen LogP contribution in [-0.4, -0.2) is 21.5 Å². The van der Waals surface area contributed by atoms with Gasteiger partial charge in [-0.15, -0.1) is 0 Å². The number of nitro groups is 2. The predicted octanol–water partition coefficient (Wildman–Crippen LogP) is 3.23. The van der Waals surface area contributed by atoms with Crippen LogP contribution in [0.5, 0.6) is 0 Å². The van der Waals surface area contributed by atoms with E-state index in [-0.39, 0.29) is 23.0 Å². The summed E-state index contributed by atoms with van der Waals surface area (Å²) in [6.07, 6.45) is 0. The highest BCUT2D eigenvalue weighted by molar-refractivity contribution is 6.26. The van der Waals surface area contributed by atoms with Crippen LogP contribution in [0.3, 0.4) is 0 Å². The zero-order valence-corrected chi connectivity index (χ0v) is 11.6. The summed E-state index contributed by atoms with van der Waals surface area (Å²) in [5.41, 5.74) is 0.434. The molecule has 116 valence electrons. The Morgan fingerprint density at radius 1 is 0.739 bits per heavy atom. The number of nitrogens with one attached hydrogen (secondary N) is 2. The first kappa shape index (κ1) is 15.8. The predicted molar refractivity (Wildman–Crippen MR) is 83.2 cm³/mol. The number of nitrogens with zero attached hydrogens (tertiary/aromatic N) is 3. The highest BCUT2D eigenvalue weighted by Gasteiger charge is 2.07. The fourth-order valence-corrected chi connectivity index (χ4v) is 1.72. The summed E-state index contributed by atoms with van der Waals surface area (Å²) in [6.45, 7) is 0. The summed E-state index contributed by atoms with van der Waals surface area (Å²) in [5.74, 6) is -0.466. The second-order valence-corrected chi connectivity index (χ2v) is 4.42. The van der Waals surface area contributed by atoms with Crippen molar-refractivity contribution in [2.75, 3.05) is 0 Å². The smallest absolute Gasteiger partial charge is 0.269 e. The summed E-state index contributed by atoms with van der Waals surface area (Å²) < 4.78 is 0. The van der Waals surface area contributed by atoms with E-state index in [0.29, 0.717) is 11.1 Å². The minimum atomic E-state index is -0.552. The fraction of sp³-hybridized carbons (Fsp3) is 0. The average molecular weight is 312 g/mol. The Morgan fingerprint density at radius 2 is 1.04 bits per heavy atom. The van der Waals surface area contributed by atoms with Gasteiger partial charge in [-0.05, 0) is 35.4 Å². The van der Waals surface area contributed by atoms with Gasteiger partial charge >= 0.3 is 0 Å². The topological polar surface area (TPSA) is 148 Å². The first-order chi connectivity index (χ1) is 10.9. The highest BCUT2D eigenvalue weighted by Crippen LogP contribution is 2.17. The number of rotatable bonds is 4. The molecule has 0 spiro atoms. The van der Waals surface area contributed by atoms with Crippen LogP contribution in [0.25, 0.3) is 5.32 Å². The Balaban J connectivity index is 2.08. The van der Waals surface area contributed by atoms with Gasteiger partial charge in [0.05, 0.1) is 9.85 Å². The van der Waals surface area contributed by atoms with Gasteiger partial charge in [-0.3, -0.25) is 20.2 Å². The van der Waals surface area contributed by atoms with Gasteiger partial charge in [-0.25, -0.2) is 0 Å². The molecule has 2 rings (SSSR count). The third-order valence-corrected chi connectivity index (χ3v) is 2.93. The van der Waals surface area contributed by atoms with Gasteiger partial charge in [0.25, 0.3) is 11.4 Å². The van der Waals surface area contributed by atoms with Crippen molar-refractivity contribution in [3.63, 3.8) is 0 Å². The summed E-state index contributed by atoms with van der Waals surface area (Å²) in [5, 5.41) is 40.6. The molecule has 0 aliphatic carbocycles. The first-order valence-corrected chi connectivity index (χ1v) is 6.27. The maximum absolute atomic E-state index is 10.6. The number of hydrogen-bond acceptors (Lipinski definition) is 6. The lowest BCUT2D eigenvalue weighted by Crippen LogP contribution is -2.06. The van der Waals surface area contributed by atoms with Gasteiger partial charge < -0.3 is 16.1 Å². The second kappa shape index (κ2) is 6.43. The monoisotopic (exact) mass is 312 g/mol. The van der Waals surface area contributed by atoms with Crippen LogP contribution in [0.15, 0.2) is 48.5 Å². The van der Waals surface area contributed by atoms with Gasteiger partial charge in [0, 0.05) is 35.9 Å². The Kier molecular flexibility index (Phi) is 4.41. The van der Waals surface area contributed by atoms with E-state index in [1.165, 1.54) is 48.5 Å². The molecule has 9 nitrogen and oxygen atoms in total. The molecule has 0 saturated heterocycles. The van der Waals surface area contributed by atoms with Crippen molar-refractivity contribution in [1.82, 2.24) is 0 Å². The van der Waals surface area contributed by atoms with Crippen molar-refractivity contribution in [3.8, 4) is 0 Å². The molecule has 0 atom stereocenters. The van der Waals surface area contributed by atoms with Gasteiger partial charge in [-0.2, -0.15) is 0 Å². The van der Waals surface area contributed by atoms with E-state index in [1.807, 2.05) is 0 Å². The summed E-state index contributed by atoms with van der Waals surface area (Å²) >= 11 is 0. The van der Waals surface area contributed by atoms with E-state index in [1.54, 1.807) is 0 Å². The Labute approximate surface area is 129 Å². The fourth-order valence-electron chi connectivity index (χ4n) is 1.72. The zero-order chi connectivity index (χ0) is 17.0. The molecule has 2 N–H and O–H groups in total. The number of hydrogen-bond donors (Lipinski definition) is 2. The molecule has 2 aromatic carbocycles. The second-order valence-electron chi connectivity index (χ2n) is 4.42. The quantitative estimate of drug-likeness (QED) is 0.385. The Hall–Kier alpha value is -3.62. The number of amidine groups is 2. The molecule has 0 fully saturated rings. The van der Waals surface area contributed by atoms with Crippen LogP contribution in [0, 0.1) is 31.0 Å². The lowest BCUT2D eigenvalue weighted by molar-refractivity contribution is -0.385. The average Bonchev–Trinajstić information content (AvgIpc) is 2.54. The molecule has 0 unspecified atom stereocenters. The zero-order valence-electron chi connectivity index (χ0n) is 11.6. The highest BCUT2D eigenvalue weighted by atomic mass is 16.6. The minimum absolute atomic E-state index is 0.105. The molecule has 0 bridgehead atoms. The molecule has 0 saturated carbocycles. The number of benzene rings is 2. The van der Waals surface area contributed by atoms with Crippen molar-refractivity contribution in [3.05, 3.63) is 85.2 Å². The molecular weight excluding hydrogens is 302 g/mol. The molecule has 2 aromatic rings. The SMILES string of the molecule is N=C([N-]C(=N)c1ccc([N+](=O)[O-])cc1)c1ccc([N+](=O)[O-])cc1. The Morgan fingerprint density at radius 3 is 1.30 bits per heavy atom. The molecule has 0 amide bonds. The molecular formula is C14H10N5O4-. The van der Waals surface area contributed by atoms with E-state index in [4.69, 9.17) is 10.8 Å². The largest absolute Gasteiger partial charge is 0.412 e. The summed E-state index contributed by atoms with van der Waals surface area (Å²) in [4.78, 5) is 20.0. The van der Waals surface area contributed by atoms with Crippen molar-refractivity contribution in [2.45, 2.75) is 0 Å². The van der Waals surface area contributed by atoms with Gasteiger partial charge in [0.15, 0.2) is 0 Å².